The van der Waals surface area contributed by atoms with Crippen molar-refractivity contribution in [2.24, 2.45) is 17.2 Å². The Morgan fingerprint density at radius 1 is 0.683 bits per heavy atom. The second kappa shape index (κ2) is 14.5. The van der Waals surface area contributed by atoms with Gasteiger partial charge in [0.05, 0.1) is 18.2 Å². The molecule has 0 bridgehead atoms. The number of ether oxygens (including phenoxy) is 2. The molecule has 0 heterocycles. The van der Waals surface area contributed by atoms with E-state index in [-0.39, 0.29) is 29.9 Å². The number of hydrogen-bond acceptors (Lipinski definition) is 8. The van der Waals surface area contributed by atoms with Gasteiger partial charge in [0.15, 0.2) is 0 Å². The number of primary amides is 3. The van der Waals surface area contributed by atoms with Crippen LogP contribution < -0.4 is 33.2 Å². The summed E-state index contributed by atoms with van der Waals surface area (Å²) in [6, 6.07) is 18.2. The van der Waals surface area contributed by atoms with Gasteiger partial charge in [0.2, 0.25) is 11.8 Å². The monoisotopic (exact) mass is 562 g/mol. The molecule has 3 aromatic rings. The third kappa shape index (κ3) is 9.58. The number of carbonyl (C=O) groups excluding carboxylic acids is 5. The van der Waals surface area contributed by atoms with Crippen LogP contribution in [0.15, 0.2) is 72.8 Å². The maximum atomic E-state index is 12.4. The molecule has 13 nitrogen and oxygen atoms in total. The van der Waals surface area contributed by atoms with Crippen molar-refractivity contribution < 1.29 is 33.4 Å². The van der Waals surface area contributed by atoms with Crippen molar-refractivity contribution in [3.8, 4) is 0 Å². The maximum Gasteiger partial charge on any atom is 0.411 e. The number of rotatable bonds is 13. The molecule has 0 aromatic heterocycles. The van der Waals surface area contributed by atoms with Crippen LogP contribution in [0.2, 0.25) is 0 Å². The van der Waals surface area contributed by atoms with E-state index >= 15 is 0 Å². The molecule has 1 atom stereocenters. The summed E-state index contributed by atoms with van der Waals surface area (Å²) in [5.74, 6) is -1.91. The molecule has 0 aliphatic carbocycles. The molecule has 3 aromatic carbocycles. The highest BCUT2D eigenvalue weighted by Gasteiger charge is 2.17. The van der Waals surface area contributed by atoms with E-state index in [0.29, 0.717) is 29.9 Å². The van der Waals surface area contributed by atoms with Crippen LogP contribution in [-0.2, 0) is 9.47 Å². The van der Waals surface area contributed by atoms with Gasteiger partial charge in [-0.1, -0.05) is 24.3 Å². The number of carbonyl (C=O) groups is 5. The molecule has 0 aliphatic heterocycles. The zero-order valence-electron chi connectivity index (χ0n) is 21.9. The lowest BCUT2D eigenvalue weighted by Gasteiger charge is -2.21. The summed E-state index contributed by atoms with van der Waals surface area (Å²) < 4.78 is 10.6. The molecule has 1 unspecified atom stereocenters. The van der Waals surface area contributed by atoms with Crippen molar-refractivity contribution in [1.29, 1.82) is 0 Å². The zero-order valence-corrected chi connectivity index (χ0v) is 21.9. The maximum absolute atomic E-state index is 12.4. The SMILES string of the molecule is NC(=O)c1cccc(NC(=O)OCCCC(COC(=O)Nc2cccc(C(N)=O)c2)Nc2ccccc2C(N)=O)c1. The third-order valence-electron chi connectivity index (χ3n) is 5.68. The van der Waals surface area contributed by atoms with Crippen LogP contribution >= 0.6 is 0 Å². The van der Waals surface area contributed by atoms with Gasteiger partial charge in [-0.15, -0.1) is 0 Å². The van der Waals surface area contributed by atoms with Crippen LogP contribution in [0.5, 0.6) is 0 Å². The number of anilines is 3. The summed E-state index contributed by atoms with van der Waals surface area (Å²) in [4.78, 5) is 59.2. The minimum Gasteiger partial charge on any atom is -0.449 e. The van der Waals surface area contributed by atoms with Gasteiger partial charge in [-0.2, -0.15) is 0 Å². The summed E-state index contributed by atoms with van der Waals surface area (Å²) in [7, 11) is 0. The van der Waals surface area contributed by atoms with Crippen molar-refractivity contribution >= 4 is 47.0 Å². The van der Waals surface area contributed by atoms with E-state index in [2.05, 4.69) is 16.0 Å². The molecule has 3 rings (SSSR count). The van der Waals surface area contributed by atoms with Crippen LogP contribution in [0.4, 0.5) is 26.7 Å². The Hall–Kier alpha value is -5.59. The van der Waals surface area contributed by atoms with Crippen molar-refractivity contribution in [3.05, 3.63) is 89.5 Å². The van der Waals surface area contributed by atoms with Gasteiger partial charge in [-0.3, -0.25) is 25.0 Å². The Morgan fingerprint density at radius 3 is 1.80 bits per heavy atom. The van der Waals surface area contributed by atoms with Gasteiger partial charge >= 0.3 is 12.2 Å². The molecule has 5 amide bonds. The first-order chi connectivity index (χ1) is 19.6. The Balaban J connectivity index is 1.57. The van der Waals surface area contributed by atoms with E-state index in [4.69, 9.17) is 26.7 Å². The van der Waals surface area contributed by atoms with Crippen molar-refractivity contribution in [2.75, 3.05) is 29.2 Å². The Kier molecular flexibility index (Phi) is 10.6. The lowest BCUT2D eigenvalue weighted by Crippen LogP contribution is -2.30. The van der Waals surface area contributed by atoms with Gasteiger partial charge in [0.25, 0.3) is 5.91 Å². The third-order valence-corrected chi connectivity index (χ3v) is 5.68. The highest BCUT2D eigenvalue weighted by atomic mass is 16.6. The molecule has 13 heteroatoms. The molecule has 214 valence electrons. The lowest BCUT2D eigenvalue weighted by molar-refractivity contribution is 0.0992. The summed E-state index contributed by atoms with van der Waals surface area (Å²) >= 11 is 0. The Labute approximate surface area is 235 Å². The molecule has 0 aliphatic rings. The predicted octanol–water partition coefficient (Wildman–Crippen LogP) is 3.04. The molecular formula is C28H30N6O7. The number of nitrogens with one attached hydrogen (secondary N) is 3. The molecule has 0 saturated heterocycles. The smallest absolute Gasteiger partial charge is 0.411 e. The number of para-hydroxylation sites is 1. The van der Waals surface area contributed by atoms with Crippen molar-refractivity contribution in [3.63, 3.8) is 0 Å². The summed E-state index contributed by atoms with van der Waals surface area (Å²) in [5, 5.41) is 8.19. The number of benzene rings is 3. The fourth-order valence-corrected chi connectivity index (χ4v) is 3.72. The van der Waals surface area contributed by atoms with Gasteiger partial charge < -0.3 is 32.0 Å². The van der Waals surface area contributed by atoms with E-state index in [1.54, 1.807) is 48.5 Å². The fourth-order valence-electron chi connectivity index (χ4n) is 3.72. The quantitative estimate of drug-likeness (QED) is 0.170. The number of nitrogens with two attached hydrogens (primary N) is 3. The molecular weight excluding hydrogens is 532 g/mol. The average molecular weight is 563 g/mol. The summed E-state index contributed by atoms with van der Waals surface area (Å²) in [6.07, 6.45) is -0.793. The second-order valence-corrected chi connectivity index (χ2v) is 8.77. The highest BCUT2D eigenvalue weighted by molar-refractivity contribution is 5.98. The normalized spacial score (nSPS) is 11.0. The van der Waals surface area contributed by atoms with E-state index in [1.165, 1.54) is 24.3 Å². The van der Waals surface area contributed by atoms with Gasteiger partial charge in [0, 0.05) is 28.2 Å². The minimum atomic E-state index is -0.782. The van der Waals surface area contributed by atoms with Gasteiger partial charge in [0.1, 0.15) is 6.61 Å². The molecule has 0 spiro atoms. The van der Waals surface area contributed by atoms with Crippen LogP contribution in [0, 0.1) is 0 Å². The van der Waals surface area contributed by atoms with E-state index in [9.17, 15) is 24.0 Å². The lowest BCUT2D eigenvalue weighted by atomic mass is 10.1. The minimum absolute atomic E-state index is 0.0170. The average Bonchev–Trinajstić information content (AvgIpc) is 2.94. The van der Waals surface area contributed by atoms with Crippen LogP contribution in [0.1, 0.15) is 43.9 Å². The molecule has 0 radical (unpaired) electrons. The van der Waals surface area contributed by atoms with Crippen LogP contribution in [0.3, 0.4) is 0 Å². The first-order valence-electron chi connectivity index (χ1n) is 12.4. The standard InChI is InChI=1S/C28H30N6O7/c29-24(35)17-6-3-8-19(14-17)33-27(38)40-13-5-10-21(32-23-12-2-1-11-22(23)26(31)37)16-41-28(39)34-20-9-4-7-18(15-20)25(30)36/h1-4,6-9,11-12,14-15,21,32H,5,10,13,16H2,(H2,29,35)(H2,30,36)(H2,31,37)(H,33,38)(H,34,39). The zero-order chi connectivity index (χ0) is 29.8. The van der Waals surface area contributed by atoms with Gasteiger partial charge in [-0.25, -0.2) is 9.59 Å². The fraction of sp³-hybridized carbons (Fsp3) is 0.179. The highest BCUT2D eigenvalue weighted by Crippen LogP contribution is 2.18. The van der Waals surface area contributed by atoms with E-state index in [1.807, 2.05) is 0 Å². The largest absolute Gasteiger partial charge is 0.449 e. The summed E-state index contributed by atoms with van der Waals surface area (Å²) in [5.41, 5.74) is 17.8. The second-order valence-electron chi connectivity index (χ2n) is 8.77. The van der Waals surface area contributed by atoms with Crippen molar-refractivity contribution in [2.45, 2.75) is 18.9 Å². The van der Waals surface area contributed by atoms with E-state index in [0.717, 1.165) is 0 Å². The molecule has 0 fully saturated rings. The predicted molar refractivity (Wildman–Crippen MR) is 151 cm³/mol. The van der Waals surface area contributed by atoms with Crippen LogP contribution in [0.25, 0.3) is 0 Å². The first kappa shape index (κ1) is 30.0. The van der Waals surface area contributed by atoms with Crippen molar-refractivity contribution in [1.82, 2.24) is 0 Å². The number of amides is 5. The van der Waals surface area contributed by atoms with Gasteiger partial charge in [-0.05, 0) is 61.4 Å². The molecule has 9 N–H and O–H groups in total. The Morgan fingerprint density at radius 2 is 1.24 bits per heavy atom. The summed E-state index contributed by atoms with van der Waals surface area (Å²) in [6.45, 7) is -0.107. The Bertz CT molecular complexity index is 1430. The van der Waals surface area contributed by atoms with Crippen LogP contribution in [-0.4, -0.2) is 49.2 Å². The first-order valence-corrected chi connectivity index (χ1v) is 12.4. The topological polar surface area (TPSA) is 218 Å². The molecule has 41 heavy (non-hydrogen) atoms. The van der Waals surface area contributed by atoms with E-state index < -0.39 is 35.9 Å². The molecule has 0 saturated carbocycles. The number of hydrogen-bond donors (Lipinski definition) is 6.